The van der Waals surface area contributed by atoms with E-state index < -0.39 is 29.7 Å². The Morgan fingerprint density at radius 3 is 2.91 bits per heavy atom. The highest BCUT2D eigenvalue weighted by Gasteiger charge is 2.42. The normalized spacial score (nSPS) is 31.2. The Morgan fingerprint density at radius 1 is 1.35 bits per heavy atom. The number of aromatic nitrogens is 4. The van der Waals surface area contributed by atoms with E-state index in [0.717, 1.165) is 12.8 Å². The van der Waals surface area contributed by atoms with E-state index in [0.29, 0.717) is 6.61 Å². The molecule has 0 bridgehead atoms. The van der Waals surface area contributed by atoms with Crippen LogP contribution in [0.3, 0.4) is 0 Å². The standard InChI is InChI=1S/C13H17N5O5/c14-12-16-10-8(11(20)17-12)15-13(21)18(10)7-4-5(19)9(23-7)6-2-1-3-22-6/h5-7,9,19H,1-4H2,(H,15,21)(H3,14,16,17,20)/t5-,6?,7+,9-/m0/s1. The third-order valence-corrected chi connectivity index (χ3v) is 4.35. The van der Waals surface area contributed by atoms with E-state index in [-0.39, 0.29) is 29.6 Å². The molecule has 4 atom stereocenters. The molecule has 5 N–H and O–H groups in total. The summed E-state index contributed by atoms with van der Waals surface area (Å²) in [6, 6.07) is 0. The summed E-state index contributed by atoms with van der Waals surface area (Å²) in [5.74, 6) is -0.0931. The number of fused-ring (bicyclic) bond motifs is 1. The number of nitrogens with zero attached hydrogens (tertiary/aromatic N) is 2. The molecule has 10 nitrogen and oxygen atoms in total. The molecule has 0 spiro atoms. The lowest BCUT2D eigenvalue weighted by molar-refractivity contribution is -0.0883. The highest BCUT2D eigenvalue weighted by Crippen LogP contribution is 2.34. The van der Waals surface area contributed by atoms with Crippen LogP contribution in [0.25, 0.3) is 11.2 Å². The van der Waals surface area contributed by atoms with Gasteiger partial charge in [0.25, 0.3) is 5.56 Å². The van der Waals surface area contributed by atoms with Crippen molar-refractivity contribution < 1.29 is 14.6 Å². The van der Waals surface area contributed by atoms with Gasteiger partial charge in [-0.25, -0.2) is 9.36 Å². The van der Waals surface area contributed by atoms with Gasteiger partial charge in [0.15, 0.2) is 11.2 Å². The lowest BCUT2D eigenvalue weighted by Gasteiger charge is -2.20. The van der Waals surface area contributed by atoms with Crippen LogP contribution in [0.15, 0.2) is 9.59 Å². The first-order valence-electron chi connectivity index (χ1n) is 7.49. The minimum absolute atomic E-state index is 0.0304. The van der Waals surface area contributed by atoms with Crippen molar-refractivity contribution in [3.05, 3.63) is 20.8 Å². The summed E-state index contributed by atoms with van der Waals surface area (Å²) in [4.78, 5) is 32.8. The lowest BCUT2D eigenvalue weighted by Crippen LogP contribution is -2.34. The topological polar surface area (TPSA) is 148 Å². The van der Waals surface area contributed by atoms with Gasteiger partial charge in [-0.3, -0.25) is 14.8 Å². The number of aromatic amines is 2. The summed E-state index contributed by atoms with van der Waals surface area (Å²) < 4.78 is 12.6. The molecule has 0 amide bonds. The predicted octanol–water partition coefficient (Wildman–Crippen LogP) is -1.18. The number of nitrogens with one attached hydrogen (secondary N) is 2. The van der Waals surface area contributed by atoms with E-state index in [4.69, 9.17) is 15.2 Å². The van der Waals surface area contributed by atoms with Crippen molar-refractivity contribution in [3.8, 4) is 0 Å². The maximum atomic E-state index is 12.2. The fourth-order valence-corrected chi connectivity index (χ4v) is 3.33. The molecule has 0 radical (unpaired) electrons. The van der Waals surface area contributed by atoms with Crippen LogP contribution in [0.5, 0.6) is 0 Å². The zero-order chi connectivity index (χ0) is 16.1. The Bertz CT molecular complexity index is 849. The second-order valence-corrected chi connectivity index (χ2v) is 5.86. The average molecular weight is 323 g/mol. The van der Waals surface area contributed by atoms with E-state index in [1.807, 2.05) is 0 Å². The van der Waals surface area contributed by atoms with E-state index >= 15 is 0 Å². The van der Waals surface area contributed by atoms with Gasteiger partial charge in [-0.15, -0.1) is 0 Å². The molecule has 2 aliphatic heterocycles. The van der Waals surface area contributed by atoms with Crippen molar-refractivity contribution in [3.63, 3.8) is 0 Å². The second kappa shape index (κ2) is 5.18. The third kappa shape index (κ3) is 2.26. The first kappa shape index (κ1) is 14.4. The number of rotatable bonds is 2. The van der Waals surface area contributed by atoms with Crippen LogP contribution in [-0.2, 0) is 9.47 Å². The lowest BCUT2D eigenvalue weighted by atomic mass is 10.1. The van der Waals surface area contributed by atoms with Gasteiger partial charge in [0.05, 0.1) is 12.2 Å². The highest BCUT2D eigenvalue weighted by molar-refractivity contribution is 5.70. The molecule has 1 unspecified atom stereocenters. The quantitative estimate of drug-likeness (QED) is 0.543. The fourth-order valence-electron chi connectivity index (χ4n) is 3.33. The molecular weight excluding hydrogens is 306 g/mol. The van der Waals surface area contributed by atoms with Crippen LogP contribution < -0.4 is 17.0 Å². The van der Waals surface area contributed by atoms with Gasteiger partial charge < -0.3 is 20.3 Å². The van der Waals surface area contributed by atoms with Crippen molar-refractivity contribution in [2.75, 3.05) is 12.3 Å². The molecule has 0 aromatic carbocycles. The number of aliphatic hydroxyl groups excluding tert-OH is 1. The number of hydrogen-bond acceptors (Lipinski definition) is 7. The molecular formula is C13H17N5O5. The Morgan fingerprint density at radius 2 is 2.17 bits per heavy atom. The van der Waals surface area contributed by atoms with Gasteiger partial charge in [-0.1, -0.05) is 0 Å². The number of imidazole rings is 1. The van der Waals surface area contributed by atoms with Crippen LogP contribution in [0, 0.1) is 0 Å². The predicted molar refractivity (Wildman–Crippen MR) is 78.9 cm³/mol. The Labute approximate surface area is 129 Å². The van der Waals surface area contributed by atoms with Gasteiger partial charge in [-0.2, -0.15) is 4.98 Å². The molecule has 23 heavy (non-hydrogen) atoms. The number of H-pyrrole nitrogens is 2. The summed E-state index contributed by atoms with van der Waals surface area (Å²) in [6.45, 7) is 0.641. The molecule has 2 aromatic rings. The number of hydrogen-bond donors (Lipinski definition) is 4. The van der Waals surface area contributed by atoms with Crippen LogP contribution in [0.2, 0.25) is 0 Å². The van der Waals surface area contributed by atoms with Crippen molar-refractivity contribution >= 4 is 17.1 Å². The highest BCUT2D eigenvalue weighted by atomic mass is 16.6. The van der Waals surface area contributed by atoms with Crippen molar-refractivity contribution in [1.82, 2.24) is 19.5 Å². The number of aliphatic hydroxyl groups is 1. The largest absolute Gasteiger partial charge is 0.390 e. The van der Waals surface area contributed by atoms with E-state index in [1.54, 1.807) is 0 Å². The first-order chi connectivity index (χ1) is 11.0. The molecule has 2 fully saturated rings. The SMILES string of the molecule is Nc1nc2c([nH]c(=O)n2[C@H]2C[C@H](O)[C@@H](C3CCCO3)O2)c(=O)[nH]1. The Kier molecular flexibility index (Phi) is 3.25. The zero-order valence-electron chi connectivity index (χ0n) is 12.2. The number of anilines is 1. The molecule has 4 heterocycles. The van der Waals surface area contributed by atoms with E-state index in [9.17, 15) is 14.7 Å². The summed E-state index contributed by atoms with van der Waals surface area (Å²) in [5, 5.41) is 10.2. The molecule has 0 saturated carbocycles. The van der Waals surface area contributed by atoms with Crippen molar-refractivity contribution in [2.24, 2.45) is 0 Å². The summed E-state index contributed by atoms with van der Waals surface area (Å²) in [6.07, 6.45) is -0.222. The van der Waals surface area contributed by atoms with Gasteiger partial charge in [0.1, 0.15) is 12.3 Å². The molecule has 10 heteroatoms. The Hall–Kier alpha value is -2.17. The molecule has 124 valence electrons. The minimum atomic E-state index is -0.751. The Balaban J connectivity index is 1.74. The fraction of sp³-hybridized carbons (Fsp3) is 0.615. The van der Waals surface area contributed by atoms with Gasteiger partial charge in [-0.05, 0) is 12.8 Å². The number of nitrogen functional groups attached to an aromatic ring is 1. The molecule has 4 rings (SSSR count). The number of ether oxygens (including phenoxy) is 2. The van der Waals surface area contributed by atoms with Crippen molar-refractivity contribution in [2.45, 2.75) is 43.8 Å². The van der Waals surface area contributed by atoms with Crippen molar-refractivity contribution in [1.29, 1.82) is 0 Å². The van der Waals surface area contributed by atoms with Gasteiger partial charge in [0, 0.05) is 13.0 Å². The third-order valence-electron chi connectivity index (χ3n) is 4.35. The summed E-state index contributed by atoms with van der Waals surface area (Å²) in [5.41, 5.74) is 4.63. The van der Waals surface area contributed by atoms with E-state index in [2.05, 4.69) is 15.0 Å². The summed E-state index contributed by atoms with van der Waals surface area (Å²) >= 11 is 0. The maximum Gasteiger partial charge on any atom is 0.329 e. The summed E-state index contributed by atoms with van der Waals surface area (Å²) in [7, 11) is 0. The number of nitrogens with two attached hydrogens (primary N) is 1. The second-order valence-electron chi connectivity index (χ2n) is 5.86. The molecule has 2 aromatic heterocycles. The van der Waals surface area contributed by atoms with Crippen LogP contribution in [0.4, 0.5) is 5.95 Å². The van der Waals surface area contributed by atoms with Crippen LogP contribution in [0.1, 0.15) is 25.5 Å². The van der Waals surface area contributed by atoms with Crippen LogP contribution in [-0.4, -0.2) is 49.5 Å². The smallest absolute Gasteiger partial charge is 0.329 e. The minimum Gasteiger partial charge on any atom is -0.390 e. The zero-order valence-corrected chi connectivity index (χ0v) is 12.2. The van der Waals surface area contributed by atoms with E-state index in [1.165, 1.54) is 4.57 Å². The van der Waals surface area contributed by atoms with Gasteiger partial charge in [0.2, 0.25) is 5.95 Å². The molecule has 2 saturated heterocycles. The molecule has 2 aliphatic rings. The van der Waals surface area contributed by atoms with Gasteiger partial charge >= 0.3 is 5.69 Å². The monoisotopic (exact) mass is 323 g/mol. The first-order valence-corrected chi connectivity index (χ1v) is 7.49. The molecule has 0 aliphatic carbocycles. The van der Waals surface area contributed by atoms with Crippen LogP contribution >= 0.6 is 0 Å². The average Bonchev–Trinajstić information content (AvgIpc) is 3.17. The maximum absolute atomic E-state index is 12.2.